The number of rotatable bonds is 0. The molecule has 1 aliphatic heterocycles. The van der Waals surface area contributed by atoms with Crippen molar-refractivity contribution in [2.45, 2.75) is 18.6 Å². The summed E-state index contributed by atoms with van der Waals surface area (Å²) in [5.41, 5.74) is 5.05. The van der Waals surface area contributed by atoms with Gasteiger partial charge in [0.15, 0.2) is 0 Å². The maximum absolute atomic E-state index is 12.8. The van der Waals surface area contributed by atoms with Crippen LogP contribution in [0.2, 0.25) is 0 Å². The number of ether oxygens (including phenoxy) is 1. The van der Waals surface area contributed by atoms with Gasteiger partial charge in [-0.05, 0) is 28.1 Å². The zero-order valence-corrected chi connectivity index (χ0v) is 9.73. The minimum atomic E-state index is -4.40. The van der Waals surface area contributed by atoms with Crippen LogP contribution in [0.5, 0.6) is 5.75 Å². The molecule has 2 N–H and O–H groups in total. The Labute approximate surface area is 98.7 Å². The van der Waals surface area contributed by atoms with Gasteiger partial charge in [0.25, 0.3) is 0 Å². The molecule has 16 heavy (non-hydrogen) atoms. The molecular weight excluding hydrogens is 287 g/mol. The molecule has 1 aliphatic rings. The first-order valence-corrected chi connectivity index (χ1v) is 5.48. The van der Waals surface area contributed by atoms with Gasteiger partial charge in [0.05, 0.1) is 16.6 Å². The Hall–Kier alpha value is -0.750. The molecule has 0 unspecified atom stereocenters. The van der Waals surface area contributed by atoms with Gasteiger partial charge < -0.3 is 10.5 Å². The van der Waals surface area contributed by atoms with E-state index in [-0.39, 0.29) is 11.3 Å². The van der Waals surface area contributed by atoms with Crippen molar-refractivity contribution in [2.24, 2.45) is 5.73 Å². The van der Waals surface area contributed by atoms with Crippen LogP contribution < -0.4 is 10.5 Å². The van der Waals surface area contributed by atoms with Crippen molar-refractivity contribution in [1.29, 1.82) is 0 Å². The van der Waals surface area contributed by atoms with Gasteiger partial charge in [0.1, 0.15) is 5.75 Å². The fraction of sp³-hybridized carbons (Fsp3) is 0.400. The summed E-state index contributed by atoms with van der Waals surface area (Å²) in [6.07, 6.45) is -4.00. The number of alkyl halides is 3. The number of nitrogens with two attached hydrogens (primary N) is 1. The standard InChI is InChI=1S/C10H9BrF3NO/c11-6-2-1-5(10(12,13)14)8-7(15)3-4-16-9(6)8/h1-2,7H,3-4,15H2/t7-/m1/s1. The highest BCUT2D eigenvalue weighted by atomic mass is 79.9. The Balaban J connectivity index is 2.64. The number of fused-ring (bicyclic) bond motifs is 1. The molecule has 0 aromatic heterocycles. The summed E-state index contributed by atoms with van der Waals surface area (Å²) in [6.45, 7) is 0.341. The van der Waals surface area contributed by atoms with Crippen molar-refractivity contribution < 1.29 is 17.9 Å². The molecular formula is C10H9BrF3NO. The Kier molecular flexibility index (Phi) is 2.88. The summed E-state index contributed by atoms with van der Waals surface area (Å²) in [7, 11) is 0. The minimum Gasteiger partial charge on any atom is -0.492 e. The maximum Gasteiger partial charge on any atom is 0.416 e. The van der Waals surface area contributed by atoms with Crippen molar-refractivity contribution in [3.05, 3.63) is 27.7 Å². The number of hydrogen-bond acceptors (Lipinski definition) is 2. The summed E-state index contributed by atoms with van der Waals surface area (Å²) in [6, 6.07) is 1.73. The molecule has 0 bridgehead atoms. The zero-order chi connectivity index (χ0) is 11.9. The molecule has 0 radical (unpaired) electrons. The molecule has 2 nitrogen and oxygen atoms in total. The fourth-order valence-corrected chi connectivity index (χ4v) is 2.23. The van der Waals surface area contributed by atoms with E-state index in [9.17, 15) is 13.2 Å². The first kappa shape index (κ1) is 11.7. The lowest BCUT2D eigenvalue weighted by Gasteiger charge is -2.27. The summed E-state index contributed by atoms with van der Waals surface area (Å²) in [5.74, 6) is 0.216. The van der Waals surface area contributed by atoms with E-state index in [1.54, 1.807) is 0 Å². The zero-order valence-electron chi connectivity index (χ0n) is 8.14. The minimum absolute atomic E-state index is 0.0492. The molecule has 0 fully saturated rings. The molecule has 1 atom stereocenters. The number of halogens is 4. The SMILES string of the molecule is N[C@@H]1CCOc2c(Br)ccc(C(F)(F)F)c21. The average Bonchev–Trinajstić information content (AvgIpc) is 2.18. The van der Waals surface area contributed by atoms with Crippen LogP contribution in [0, 0.1) is 0 Å². The molecule has 0 spiro atoms. The smallest absolute Gasteiger partial charge is 0.416 e. The van der Waals surface area contributed by atoms with E-state index < -0.39 is 17.8 Å². The van der Waals surface area contributed by atoms with Crippen LogP contribution in [-0.4, -0.2) is 6.61 Å². The Morgan fingerprint density at radius 3 is 2.69 bits per heavy atom. The quantitative estimate of drug-likeness (QED) is 0.797. The normalized spacial score (nSPS) is 20.2. The fourth-order valence-electron chi connectivity index (χ4n) is 1.77. The molecule has 0 amide bonds. The average molecular weight is 296 g/mol. The van der Waals surface area contributed by atoms with E-state index in [0.29, 0.717) is 17.5 Å². The van der Waals surface area contributed by atoms with Gasteiger partial charge in [-0.25, -0.2) is 0 Å². The lowest BCUT2D eigenvalue weighted by Crippen LogP contribution is -2.25. The van der Waals surface area contributed by atoms with Crippen molar-refractivity contribution in [1.82, 2.24) is 0 Å². The van der Waals surface area contributed by atoms with Crippen molar-refractivity contribution in [3.8, 4) is 5.75 Å². The first-order chi connectivity index (χ1) is 7.41. The summed E-state index contributed by atoms with van der Waals surface area (Å²) in [4.78, 5) is 0. The van der Waals surface area contributed by atoms with Gasteiger partial charge in [0.2, 0.25) is 0 Å². The monoisotopic (exact) mass is 295 g/mol. The van der Waals surface area contributed by atoms with E-state index >= 15 is 0 Å². The van der Waals surface area contributed by atoms with Crippen LogP contribution in [0.4, 0.5) is 13.2 Å². The maximum atomic E-state index is 12.8. The van der Waals surface area contributed by atoms with Gasteiger partial charge in [-0.1, -0.05) is 0 Å². The Morgan fingerprint density at radius 1 is 1.38 bits per heavy atom. The summed E-state index contributed by atoms with van der Waals surface area (Å²) in [5, 5.41) is 0. The highest BCUT2D eigenvalue weighted by molar-refractivity contribution is 9.10. The lowest BCUT2D eigenvalue weighted by molar-refractivity contribution is -0.138. The van der Waals surface area contributed by atoms with Crippen molar-refractivity contribution in [2.75, 3.05) is 6.61 Å². The number of benzene rings is 1. The van der Waals surface area contributed by atoms with E-state index in [1.807, 2.05) is 0 Å². The second kappa shape index (κ2) is 3.92. The van der Waals surface area contributed by atoms with Crippen molar-refractivity contribution >= 4 is 15.9 Å². The van der Waals surface area contributed by atoms with E-state index in [1.165, 1.54) is 6.07 Å². The van der Waals surface area contributed by atoms with Gasteiger partial charge in [-0.2, -0.15) is 13.2 Å². The van der Waals surface area contributed by atoms with Gasteiger partial charge >= 0.3 is 6.18 Å². The molecule has 6 heteroatoms. The molecule has 1 aromatic carbocycles. The number of hydrogen-bond donors (Lipinski definition) is 1. The van der Waals surface area contributed by atoms with Crippen LogP contribution in [-0.2, 0) is 6.18 Å². The molecule has 2 rings (SSSR count). The molecule has 0 saturated heterocycles. The summed E-state index contributed by atoms with van der Waals surface area (Å²) < 4.78 is 44.0. The van der Waals surface area contributed by atoms with Crippen LogP contribution in [0.1, 0.15) is 23.6 Å². The second-order valence-electron chi connectivity index (χ2n) is 3.58. The third-order valence-corrected chi connectivity index (χ3v) is 3.12. The van der Waals surface area contributed by atoms with Gasteiger partial charge in [-0.15, -0.1) is 0 Å². The molecule has 0 saturated carbocycles. The Morgan fingerprint density at radius 2 is 2.06 bits per heavy atom. The molecule has 1 aromatic rings. The highest BCUT2D eigenvalue weighted by Crippen LogP contribution is 2.44. The predicted octanol–water partition coefficient (Wildman–Crippen LogP) is 3.25. The third kappa shape index (κ3) is 1.91. The van der Waals surface area contributed by atoms with E-state index in [4.69, 9.17) is 10.5 Å². The van der Waals surface area contributed by atoms with Crippen molar-refractivity contribution in [3.63, 3.8) is 0 Å². The molecule has 1 heterocycles. The molecule has 88 valence electrons. The second-order valence-corrected chi connectivity index (χ2v) is 4.43. The Bertz CT molecular complexity index is 419. The highest BCUT2D eigenvalue weighted by Gasteiger charge is 2.38. The summed E-state index contributed by atoms with van der Waals surface area (Å²) >= 11 is 3.16. The lowest BCUT2D eigenvalue weighted by atomic mass is 9.95. The first-order valence-electron chi connectivity index (χ1n) is 4.69. The van der Waals surface area contributed by atoms with E-state index in [2.05, 4.69) is 15.9 Å². The van der Waals surface area contributed by atoms with E-state index in [0.717, 1.165) is 6.07 Å². The topological polar surface area (TPSA) is 35.2 Å². The van der Waals surface area contributed by atoms with Crippen LogP contribution in [0.15, 0.2) is 16.6 Å². The van der Waals surface area contributed by atoms with Crippen LogP contribution >= 0.6 is 15.9 Å². The van der Waals surface area contributed by atoms with Gasteiger partial charge in [0, 0.05) is 18.0 Å². The molecule has 0 aliphatic carbocycles. The third-order valence-electron chi connectivity index (χ3n) is 2.50. The van der Waals surface area contributed by atoms with Crippen LogP contribution in [0.3, 0.4) is 0 Å². The predicted molar refractivity (Wildman–Crippen MR) is 56.2 cm³/mol. The largest absolute Gasteiger partial charge is 0.492 e. The van der Waals surface area contributed by atoms with Gasteiger partial charge in [-0.3, -0.25) is 0 Å². The van der Waals surface area contributed by atoms with Crippen LogP contribution in [0.25, 0.3) is 0 Å².